The predicted octanol–water partition coefficient (Wildman–Crippen LogP) is 5.08. The summed E-state index contributed by atoms with van der Waals surface area (Å²) in [6.07, 6.45) is 0. The van der Waals surface area contributed by atoms with Crippen molar-refractivity contribution < 1.29 is 0 Å². The Bertz CT molecular complexity index is 551. The lowest BCUT2D eigenvalue weighted by atomic mass is 10.1. The van der Waals surface area contributed by atoms with E-state index in [9.17, 15) is 0 Å². The van der Waals surface area contributed by atoms with Crippen LogP contribution >= 0.6 is 0 Å². The van der Waals surface area contributed by atoms with Crippen LogP contribution in [0, 0.1) is 0 Å². The quantitative estimate of drug-likeness (QED) is 0.678. The van der Waals surface area contributed by atoms with Crippen molar-refractivity contribution in [3.8, 4) is 11.1 Å². The zero-order valence-corrected chi connectivity index (χ0v) is 11.7. The van der Waals surface area contributed by atoms with Gasteiger partial charge in [-0.15, -0.1) is 0 Å². The van der Waals surface area contributed by atoms with Crippen molar-refractivity contribution in [3.63, 3.8) is 0 Å². The number of para-hydroxylation sites is 1. The number of nitrogens with one attached hydrogen (secondary N) is 1. The van der Waals surface area contributed by atoms with Crippen molar-refractivity contribution in [2.75, 3.05) is 12.4 Å². The molecule has 0 aromatic heterocycles. The monoisotopic (exact) mass is 261 g/mol. The maximum absolute atomic E-state index is 3.03. The number of hydrogen-bond donors (Lipinski definition) is 1. The van der Waals surface area contributed by atoms with Crippen LogP contribution in [0.1, 0.15) is 0 Å². The fraction of sp³-hybridized carbons (Fsp3) is 0.0526. The van der Waals surface area contributed by atoms with Gasteiger partial charge in [0.1, 0.15) is 0 Å². The average molecular weight is 261 g/mol. The zero-order valence-electron chi connectivity index (χ0n) is 11.7. The van der Waals surface area contributed by atoms with Crippen molar-refractivity contribution in [1.29, 1.82) is 0 Å². The second-order valence-electron chi connectivity index (χ2n) is 4.35. The largest absolute Gasteiger partial charge is 0.388 e. The van der Waals surface area contributed by atoms with Crippen LogP contribution in [0.3, 0.4) is 0 Å². The number of rotatable bonds is 2. The van der Waals surface area contributed by atoms with Gasteiger partial charge in [0.25, 0.3) is 0 Å². The highest BCUT2D eigenvalue weighted by Gasteiger charge is 1.91. The topological polar surface area (TPSA) is 12.0 Å². The molecule has 100 valence electrons. The highest BCUT2D eigenvalue weighted by molar-refractivity contribution is 5.62. The van der Waals surface area contributed by atoms with Crippen LogP contribution in [0.15, 0.2) is 91.0 Å². The van der Waals surface area contributed by atoms with Gasteiger partial charge in [0, 0.05) is 12.7 Å². The molecule has 1 heteroatoms. The van der Waals surface area contributed by atoms with Gasteiger partial charge in [0.2, 0.25) is 0 Å². The summed E-state index contributed by atoms with van der Waals surface area (Å²) in [6.45, 7) is 0. The Labute approximate surface area is 120 Å². The van der Waals surface area contributed by atoms with E-state index in [1.165, 1.54) is 11.1 Å². The highest BCUT2D eigenvalue weighted by atomic mass is 14.8. The molecule has 0 bridgehead atoms. The molecular weight excluding hydrogens is 242 g/mol. The molecule has 20 heavy (non-hydrogen) atoms. The SMILES string of the molecule is CNc1ccccc1.c1ccc(-c2ccccc2)cc1. The molecule has 0 aliphatic carbocycles. The Balaban J connectivity index is 0.000000160. The zero-order chi connectivity index (χ0) is 14.0. The highest BCUT2D eigenvalue weighted by Crippen LogP contribution is 2.17. The van der Waals surface area contributed by atoms with Gasteiger partial charge in [-0.1, -0.05) is 78.9 Å². The maximum atomic E-state index is 3.03. The molecule has 0 aliphatic heterocycles. The van der Waals surface area contributed by atoms with E-state index in [0.717, 1.165) is 5.69 Å². The van der Waals surface area contributed by atoms with Crippen molar-refractivity contribution in [2.45, 2.75) is 0 Å². The van der Waals surface area contributed by atoms with E-state index in [0.29, 0.717) is 0 Å². The molecule has 0 saturated carbocycles. The minimum atomic E-state index is 1.16. The lowest BCUT2D eigenvalue weighted by Gasteiger charge is -1.98. The maximum Gasteiger partial charge on any atom is 0.0337 e. The summed E-state index contributed by atoms with van der Waals surface area (Å²) in [7, 11) is 1.91. The van der Waals surface area contributed by atoms with Gasteiger partial charge in [-0.05, 0) is 23.3 Å². The molecule has 0 saturated heterocycles. The molecule has 1 nitrogen and oxygen atoms in total. The van der Waals surface area contributed by atoms with E-state index in [1.807, 2.05) is 49.5 Å². The van der Waals surface area contributed by atoms with Gasteiger partial charge in [-0.25, -0.2) is 0 Å². The first-order valence-electron chi connectivity index (χ1n) is 6.73. The van der Waals surface area contributed by atoms with Gasteiger partial charge in [0.15, 0.2) is 0 Å². The van der Waals surface area contributed by atoms with Gasteiger partial charge < -0.3 is 5.32 Å². The molecule has 3 rings (SSSR count). The Morgan fingerprint density at radius 2 is 0.850 bits per heavy atom. The average Bonchev–Trinajstić information content (AvgIpc) is 2.58. The predicted molar refractivity (Wildman–Crippen MR) is 87.9 cm³/mol. The van der Waals surface area contributed by atoms with Crippen LogP contribution in [-0.4, -0.2) is 7.05 Å². The lowest BCUT2D eigenvalue weighted by molar-refractivity contribution is 1.51. The Morgan fingerprint density at radius 3 is 1.15 bits per heavy atom. The molecule has 0 fully saturated rings. The second-order valence-corrected chi connectivity index (χ2v) is 4.35. The molecule has 3 aromatic carbocycles. The summed E-state index contributed by atoms with van der Waals surface area (Å²) in [5.41, 5.74) is 3.71. The summed E-state index contributed by atoms with van der Waals surface area (Å²) < 4.78 is 0. The molecule has 0 heterocycles. The van der Waals surface area contributed by atoms with Crippen molar-refractivity contribution in [1.82, 2.24) is 0 Å². The third-order valence-corrected chi connectivity index (χ3v) is 2.94. The summed E-state index contributed by atoms with van der Waals surface area (Å²) in [5, 5.41) is 3.03. The first-order chi connectivity index (χ1) is 9.90. The summed E-state index contributed by atoms with van der Waals surface area (Å²) in [6, 6.07) is 30.8. The molecule has 0 radical (unpaired) electrons. The Kier molecular flexibility index (Phi) is 5.41. The van der Waals surface area contributed by atoms with Crippen LogP contribution in [0.25, 0.3) is 11.1 Å². The fourth-order valence-corrected chi connectivity index (χ4v) is 1.87. The third kappa shape index (κ3) is 4.29. The summed E-state index contributed by atoms with van der Waals surface area (Å²) in [4.78, 5) is 0. The standard InChI is InChI=1S/C12H10.C7H9N/c1-3-7-11(8-4-1)12-9-5-2-6-10-12;1-8-7-5-3-2-4-6-7/h1-10H;2-6,8H,1H3. The normalized spacial score (nSPS) is 9.25. The van der Waals surface area contributed by atoms with Crippen molar-refractivity contribution in [2.24, 2.45) is 0 Å². The van der Waals surface area contributed by atoms with Crippen LogP contribution in [-0.2, 0) is 0 Å². The van der Waals surface area contributed by atoms with Crippen LogP contribution in [0.4, 0.5) is 5.69 Å². The molecule has 0 atom stereocenters. The number of hydrogen-bond acceptors (Lipinski definition) is 1. The Hall–Kier alpha value is -2.54. The molecule has 1 N–H and O–H groups in total. The van der Waals surface area contributed by atoms with E-state index in [4.69, 9.17) is 0 Å². The van der Waals surface area contributed by atoms with Crippen LogP contribution in [0.5, 0.6) is 0 Å². The van der Waals surface area contributed by atoms with E-state index in [2.05, 4.69) is 53.8 Å². The van der Waals surface area contributed by atoms with E-state index < -0.39 is 0 Å². The molecule has 0 spiro atoms. The minimum absolute atomic E-state index is 1.16. The summed E-state index contributed by atoms with van der Waals surface area (Å²) >= 11 is 0. The molecule has 0 unspecified atom stereocenters. The number of benzene rings is 3. The number of anilines is 1. The van der Waals surface area contributed by atoms with Gasteiger partial charge in [0.05, 0.1) is 0 Å². The first-order valence-corrected chi connectivity index (χ1v) is 6.73. The Morgan fingerprint density at radius 1 is 0.500 bits per heavy atom. The van der Waals surface area contributed by atoms with E-state index >= 15 is 0 Å². The smallest absolute Gasteiger partial charge is 0.0337 e. The van der Waals surface area contributed by atoms with Crippen LogP contribution in [0.2, 0.25) is 0 Å². The van der Waals surface area contributed by atoms with Crippen molar-refractivity contribution in [3.05, 3.63) is 91.0 Å². The van der Waals surface area contributed by atoms with Gasteiger partial charge in [-0.2, -0.15) is 0 Å². The van der Waals surface area contributed by atoms with Gasteiger partial charge in [-0.3, -0.25) is 0 Å². The minimum Gasteiger partial charge on any atom is -0.388 e. The van der Waals surface area contributed by atoms with E-state index in [1.54, 1.807) is 0 Å². The molecule has 3 aromatic rings. The van der Waals surface area contributed by atoms with Gasteiger partial charge >= 0.3 is 0 Å². The first kappa shape index (κ1) is 13.9. The lowest BCUT2D eigenvalue weighted by Crippen LogP contribution is -1.84. The fourth-order valence-electron chi connectivity index (χ4n) is 1.87. The van der Waals surface area contributed by atoms with Crippen molar-refractivity contribution >= 4 is 5.69 Å². The summed E-state index contributed by atoms with van der Waals surface area (Å²) in [5.74, 6) is 0. The van der Waals surface area contributed by atoms with Crippen LogP contribution < -0.4 is 5.32 Å². The molecule has 0 amide bonds. The third-order valence-electron chi connectivity index (χ3n) is 2.94. The van der Waals surface area contributed by atoms with E-state index in [-0.39, 0.29) is 0 Å². The molecule has 0 aliphatic rings. The second kappa shape index (κ2) is 7.80. The molecular formula is C19H19N.